The molecule has 1 atom stereocenters. The first-order valence-corrected chi connectivity index (χ1v) is 12.2. The smallest absolute Gasteiger partial charge is 0.369 e. The van der Waals surface area contributed by atoms with Gasteiger partial charge in [0.2, 0.25) is 0 Å². The van der Waals surface area contributed by atoms with Gasteiger partial charge >= 0.3 is 12.4 Å². The Kier molecular flexibility index (Phi) is 7.07. The summed E-state index contributed by atoms with van der Waals surface area (Å²) in [5.41, 5.74) is -4.50. The van der Waals surface area contributed by atoms with E-state index in [4.69, 9.17) is 11.6 Å². The molecule has 1 heterocycles. The van der Waals surface area contributed by atoms with Crippen LogP contribution in [0.5, 0.6) is 0 Å². The highest BCUT2D eigenvalue weighted by Crippen LogP contribution is 2.49. The Bertz CT molecular complexity index is 1280. The highest BCUT2D eigenvalue weighted by molar-refractivity contribution is 7.98. The Balaban J connectivity index is 1.84. The maximum absolute atomic E-state index is 13.6. The Labute approximate surface area is 212 Å². The third kappa shape index (κ3) is 4.69. The van der Waals surface area contributed by atoms with Gasteiger partial charge in [0.05, 0.1) is 22.5 Å². The largest absolute Gasteiger partial charge is 0.431 e. The van der Waals surface area contributed by atoms with Crippen molar-refractivity contribution in [1.82, 2.24) is 0 Å². The molecule has 0 saturated carbocycles. The zero-order valence-corrected chi connectivity index (χ0v) is 20.2. The van der Waals surface area contributed by atoms with Crippen molar-refractivity contribution in [3.05, 3.63) is 83.4 Å². The van der Waals surface area contributed by atoms with Crippen LogP contribution < -0.4 is 5.01 Å². The van der Waals surface area contributed by atoms with Crippen LogP contribution in [0.15, 0.2) is 82.8 Å². The zero-order chi connectivity index (χ0) is 26.3. The number of aliphatic hydroxyl groups is 1. The van der Waals surface area contributed by atoms with Crippen molar-refractivity contribution >= 4 is 34.8 Å². The minimum absolute atomic E-state index is 0.0823. The molecule has 1 unspecified atom stereocenters. The Hall–Kier alpha value is -2.69. The van der Waals surface area contributed by atoms with E-state index in [1.807, 2.05) is 30.5 Å². The van der Waals surface area contributed by atoms with Crippen LogP contribution >= 0.6 is 23.4 Å². The second kappa shape index (κ2) is 9.64. The molecular weight excluding hydrogens is 526 g/mol. The molecule has 3 nitrogen and oxygen atoms in total. The molecule has 190 valence electrons. The lowest BCUT2D eigenvalue weighted by Gasteiger charge is -2.32. The van der Waals surface area contributed by atoms with Gasteiger partial charge < -0.3 is 5.11 Å². The van der Waals surface area contributed by atoms with E-state index in [2.05, 4.69) is 5.10 Å². The quantitative estimate of drug-likeness (QED) is 0.262. The number of para-hydroxylation sites is 1. The van der Waals surface area contributed by atoms with E-state index >= 15 is 0 Å². The number of alkyl halides is 6. The normalized spacial score (nSPS) is 16.9. The van der Waals surface area contributed by atoms with E-state index in [0.29, 0.717) is 5.56 Å². The van der Waals surface area contributed by atoms with Crippen LogP contribution in [0, 0.1) is 0 Å². The van der Waals surface area contributed by atoms with Crippen molar-refractivity contribution in [1.29, 1.82) is 0 Å². The molecule has 36 heavy (non-hydrogen) atoms. The van der Waals surface area contributed by atoms with Crippen LogP contribution in [-0.4, -0.2) is 35.0 Å². The van der Waals surface area contributed by atoms with Gasteiger partial charge in [-0.05, 0) is 53.3 Å². The van der Waals surface area contributed by atoms with Gasteiger partial charge in [0.1, 0.15) is 0 Å². The molecule has 0 fully saturated rings. The summed E-state index contributed by atoms with van der Waals surface area (Å²) >= 11 is 7.77. The fraction of sp³-hybridized carbons (Fsp3) is 0.240. The lowest BCUT2D eigenvalue weighted by atomic mass is 9.89. The van der Waals surface area contributed by atoms with Gasteiger partial charge in [-0.1, -0.05) is 54.1 Å². The number of hydrogen-bond donors (Lipinski definition) is 1. The summed E-state index contributed by atoms with van der Waals surface area (Å²) < 4.78 is 81.9. The maximum Gasteiger partial charge on any atom is 0.431 e. The predicted octanol–water partition coefficient (Wildman–Crippen LogP) is 7.89. The van der Waals surface area contributed by atoms with E-state index in [1.54, 1.807) is 30.3 Å². The highest BCUT2D eigenvalue weighted by Gasteiger charge is 2.74. The number of thioether (sulfide) groups is 1. The lowest BCUT2D eigenvalue weighted by Crippen LogP contribution is -2.62. The summed E-state index contributed by atoms with van der Waals surface area (Å²) in [6.45, 7) is 0. The van der Waals surface area contributed by atoms with Crippen LogP contribution in [0.2, 0.25) is 5.02 Å². The molecule has 1 aliphatic heterocycles. The Morgan fingerprint density at radius 2 is 1.50 bits per heavy atom. The van der Waals surface area contributed by atoms with Crippen molar-refractivity contribution in [3.8, 4) is 11.1 Å². The number of halogens is 7. The molecule has 4 rings (SSSR count). The lowest BCUT2D eigenvalue weighted by molar-refractivity contribution is -0.338. The first kappa shape index (κ1) is 26.4. The van der Waals surface area contributed by atoms with Crippen molar-refractivity contribution in [3.63, 3.8) is 0 Å². The van der Waals surface area contributed by atoms with Crippen LogP contribution in [-0.2, 0) is 0 Å². The Morgan fingerprint density at radius 3 is 2.11 bits per heavy atom. The molecule has 0 bridgehead atoms. The minimum atomic E-state index is -6.04. The minimum Gasteiger partial charge on any atom is -0.369 e. The van der Waals surface area contributed by atoms with E-state index in [9.17, 15) is 31.4 Å². The van der Waals surface area contributed by atoms with Gasteiger partial charge in [-0.15, -0.1) is 11.8 Å². The fourth-order valence-electron chi connectivity index (χ4n) is 4.06. The maximum atomic E-state index is 13.6. The molecule has 0 aliphatic carbocycles. The van der Waals surface area contributed by atoms with Crippen LogP contribution in [0.3, 0.4) is 0 Å². The molecular formula is C25H19ClF6N2OS. The third-order valence-electron chi connectivity index (χ3n) is 5.92. The summed E-state index contributed by atoms with van der Waals surface area (Å²) in [5.74, 6) is 0. The summed E-state index contributed by atoms with van der Waals surface area (Å²) in [4.78, 5) is 0.988. The summed E-state index contributed by atoms with van der Waals surface area (Å²) in [6, 6.07) is 19.2. The van der Waals surface area contributed by atoms with E-state index in [-0.39, 0.29) is 10.7 Å². The van der Waals surface area contributed by atoms with Gasteiger partial charge in [0, 0.05) is 11.3 Å². The van der Waals surface area contributed by atoms with Crippen LogP contribution in [0.4, 0.5) is 32.0 Å². The molecule has 0 spiro atoms. The van der Waals surface area contributed by atoms with Gasteiger partial charge in [-0.3, -0.25) is 5.01 Å². The van der Waals surface area contributed by atoms with Crippen molar-refractivity contribution < 1.29 is 31.4 Å². The van der Waals surface area contributed by atoms with Gasteiger partial charge in [0.15, 0.2) is 0 Å². The molecule has 1 aliphatic rings. The van der Waals surface area contributed by atoms with Crippen molar-refractivity contribution in [2.24, 2.45) is 5.10 Å². The number of rotatable bonds is 5. The number of hydrazone groups is 1. The molecule has 0 aromatic heterocycles. The summed E-state index contributed by atoms with van der Waals surface area (Å²) in [6.07, 6.45) is -11.0. The molecule has 3 aromatic carbocycles. The second-order valence-corrected chi connectivity index (χ2v) is 9.41. The Morgan fingerprint density at radius 1 is 0.889 bits per heavy atom. The SMILES string of the molecule is CSc1cccc(-c2cccc(C3CC(C(O)(C(F)(F)F)C(F)(F)F)=NN3c3ccccc3Cl)c2)c1. The number of nitrogens with zero attached hydrogens (tertiary/aromatic N) is 2. The average molecular weight is 545 g/mol. The number of hydrogen-bond acceptors (Lipinski definition) is 4. The standard InChI is InChI=1S/C25H19ClF6N2OS/c1-36-18-9-5-7-16(13-18)15-6-4-8-17(12-15)21-14-22(23(35,24(27,28)29)25(30,31)32)33-34(21)20-11-3-2-10-19(20)26/h2-13,21,35H,14H2,1H3. The summed E-state index contributed by atoms with van der Waals surface area (Å²) in [7, 11) is 0. The number of benzene rings is 3. The van der Waals surface area contributed by atoms with Crippen LogP contribution in [0.25, 0.3) is 11.1 Å². The molecule has 1 N–H and O–H groups in total. The monoisotopic (exact) mass is 544 g/mol. The zero-order valence-electron chi connectivity index (χ0n) is 18.6. The topological polar surface area (TPSA) is 35.8 Å². The first-order chi connectivity index (χ1) is 16.9. The molecule has 0 saturated heterocycles. The molecule has 0 radical (unpaired) electrons. The second-order valence-electron chi connectivity index (χ2n) is 8.13. The third-order valence-corrected chi connectivity index (χ3v) is 6.97. The van der Waals surface area contributed by atoms with Crippen molar-refractivity contribution in [2.75, 3.05) is 11.3 Å². The highest BCUT2D eigenvalue weighted by atomic mass is 35.5. The predicted molar refractivity (Wildman–Crippen MR) is 129 cm³/mol. The molecule has 3 aromatic rings. The van der Waals surface area contributed by atoms with E-state index < -0.39 is 36.1 Å². The average Bonchev–Trinajstić information content (AvgIpc) is 3.28. The van der Waals surface area contributed by atoms with E-state index in [0.717, 1.165) is 21.0 Å². The number of anilines is 1. The van der Waals surface area contributed by atoms with Gasteiger partial charge in [-0.2, -0.15) is 31.4 Å². The fourth-order valence-corrected chi connectivity index (χ4v) is 4.75. The van der Waals surface area contributed by atoms with E-state index in [1.165, 1.54) is 30.0 Å². The molecule has 11 heteroatoms. The van der Waals surface area contributed by atoms with Crippen LogP contribution in [0.1, 0.15) is 18.0 Å². The first-order valence-electron chi connectivity index (χ1n) is 10.6. The van der Waals surface area contributed by atoms with Crippen molar-refractivity contribution in [2.45, 2.75) is 35.3 Å². The van der Waals surface area contributed by atoms with Gasteiger partial charge in [0.25, 0.3) is 5.60 Å². The summed E-state index contributed by atoms with van der Waals surface area (Å²) in [5, 5.41) is 14.8. The molecule has 0 amide bonds. The van der Waals surface area contributed by atoms with Gasteiger partial charge in [-0.25, -0.2) is 0 Å².